The lowest BCUT2D eigenvalue weighted by Gasteiger charge is -2.27. The normalized spacial score (nSPS) is 10.7. The van der Waals surface area contributed by atoms with Crippen molar-refractivity contribution in [2.75, 3.05) is 5.73 Å². The van der Waals surface area contributed by atoms with Crippen LogP contribution in [0.5, 0.6) is 0 Å². The highest BCUT2D eigenvalue weighted by Crippen LogP contribution is 2.17. The second kappa shape index (κ2) is 6.39. The number of nitrogen functional groups attached to an aromatic ring is 1. The second-order valence-electron chi connectivity index (χ2n) is 5.25. The number of hydrogen-bond donors (Lipinski definition) is 1. The van der Waals surface area contributed by atoms with Gasteiger partial charge in [-0.05, 0) is 37.6 Å². The average molecular weight is 286 g/mol. The van der Waals surface area contributed by atoms with Crippen LogP contribution >= 0.6 is 0 Å². The SMILES string of the molecule is CC(C)N(Cc1ccccc1)C(=O)c1ccc(N)c(F)c1. The monoisotopic (exact) mass is 286 g/mol. The molecule has 0 aliphatic heterocycles. The molecule has 0 bridgehead atoms. The number of carbonyl (C=O) groups excluding carboxylic acids is 1. The van der Waals surface area contributed by atoms with Crippen molar-refractivity contribution >= 4 is 11.6 Å². The van der Waals surface area contributed by atoms with Gasteiger partial charge in [0.1, 0.15) is 5.82 Å². The Morgan fingerprint density at radius 1 is 1.19 bits per heavy atom. The van der Waals surface area contributed by atoms with E-state index in [9.17, 15) is 9.18 Å². The Balaban J connectivity index is 2.25. The number of carbonyl (C=O) groups is 1. The standard InChI is InChI=1S/C17H19FN2O/c1-12(2)20(11-13-6-4-3-5-7-13)17(21)14-8-9-16(19)15(18)10-14/h3-10,12H,11,19H2,1-2H3. The number of anilines is 1. The van der Waals surface area contributed by atoms with Crippen molar-refractivity contribution in [3.05, 3.63) is 65.5 Å². The first-order chi connectivity index (χ1) is 9.99. The van der Waals surface area contributed by atoms with Crippen molar-refractivity contribution in [1.29, 1.82) is 0 Å². The van der Waals surface area contributed by atoms with Gasteiger partial charge in [-0.15, -0.1) is 0 Å². The van der Waals surface area contributed by atoms with Gasteiger partial charge >= 0.3 is 0 Å². The van der Waals surface area contributed by atoms with Gasteiger partial charge in [-0.3, -0.25) is 4.79 Å². The zero-order valence-electron chi connectivity index (χ0n) is 12.2. The smallest absolute Gasteiger partial charge is 0.254 e. The summed E-state index contributed by atoms with van der Waals surface area (Å²) in [5.74, 6) is -0.767. The fourth-order valence-electron chi connectivity index (χ4n) is 2.09. The molecule has 0 aliphatic carbocycles. The molecule has 0 saturated heterocycles. The van der Waals surface area contributed by atoms with E-state index < -0.39 is 5.82 Å². The topological polar surface area (TPSA) is 46.3 Å². The number of hydrogen-bond acceptors (Lipinski definition) is 2. The van der Waals surface area contributed by atoms with Crippen LogP contribution < -0.4 is 5.73 Å². The first-order valence-electron chi connectivity index (χ1n) is 6.89. The molecule has 21 heavy (non-hydrogen) atoms. The van der Waals surface area contributed by atoms with Gasteiger partial charge in [0.2, 0.25) is 0 Å². The third kappa shape index (κ3) is 3.60. The molecule has 0 saturated carbocycles. The second-order valence-corrected chi connectivity index (χ2v) is 5.25. The molecule has 110 valence electrons. The summed E-state index contributed by atoms with van der Waals surface area (Å²) in [6.45, 7) is 4.37. The van der Waals surface area contributed by atoms with E-state index >= 15 is 0 Å². The Bertz CT molecular complexity index is 626. The summed E-state index contributed by atoms with van der Waals surface area (Å²) in [6.07, 6.45) is 0. The summed E-state index contributed by atoms with van der Waals surface area (Å²) < 4.78 is 13.5. The molecule has 0 fully saturated rings. The molecule has 0 radical (unpaired) electrons. The molecule has 0 aromatic heterocycles. The van der Waals surface area contributed by atoms with E-state index in [4.69, 9.17) is 5.73 Å². The van der Waals surface area contributed by atoms with Crippen LogP contribution in [-0.2, 0) is 6.54 Å². The van der Waals surface area contributed by atoms with E-state index in [1.54, 1.807) is 11.0 Å². The van der Waals surface area contributed by atoms with Gasteiger partial charge in [0.25, 0.3) is 5.91 Å². The zero-order valence-corrected chi connectivity index (χ0v) is 12.2. The lowest BCUT2D eigenvalue weighted by Crippen LogP contribution is -2.36. The van der Waals surface area contributed by atoms with Gasteiger partial charge in [0.05, 0.1) is 5.69 Å². The van der Waals surface area contributed by atoms with Gasteiger partial charge < -0.3 is 10.6 Å². The molecule has 4 heteroatoms. The molecular formula is C17H19FN2O. The maximum Gasteiger partial charge on any atom is 0.254 e. The minimum absolute atomic E-state index is 0.0123. The molecule has 3 nitrogen and oxygen atoms in total. The molecule has 2 aromatic carbocycles. The Morgan fingerprint density at radius 2 is 1.86 bits per heavy atom. The van der Waals surface area contributed by atoms with E-state index in [2.05, 4.69) is 0 Å². The van der Waals surface area contributed by atoms with E-state index in [-0.39, 0.29) is 17.6 Å². The van der Waals surface area contributed by atoms with Crippen LogP contribution in [0.4, 0.5) is 10.1 Å². The summed E-state index contributed by atoms with van der Waals surface area (Å²) in [6, 6.07) is 13.9. The summed E-state index contributed by atoms with van der Waals surface area (Å²) in [5, 5.41) is 0. The van der Waals surface area contributed by atoms with Crippen molar-refractivity contribution in [2.45, 2.75) is 26.4 Å². The molecule has 0 unspecified atom stereocenters. The van der Waals surface area contributed by atoms with Gasteiger partial charge in [0.15, 0.2) is 0 Å². The first kappa shape index (κ1) is 15.0. The molecule has 1 amide bonds. The van der Waals surface area contributed by atoms with Crippen molar-refractivity contribution in [2.24, 2.45) is 0 Å². The predicted molar refractivity (Wildman–Crippen MR) is 82.3 cm³/mol. The minimum atomic E-state index is -0.565. The van der Waals surface area contributed by atoms with Crippen LogP contribution in [0.2, 0.25) is 0 Å². The Hall–Kier alpha value is -2.36. The molecule has 0 heterocycles. The Morgan fingerprint density at radius 3 is 2.43 bits per heavy atom. The van der Waals surface area contributed by atoms with Crippen molar-refractivity contribution in [1.82, 2.24) is 4.90 Å². The number of rotatable bonds is 4. The lowest BCUT2D eigenvalue weighted by molar-refractivity contribution is 0.0690. The molecule has 2 N–H and O–H groups in total. The summed E-state index contributed by atoms with van der Waals surface area (Å²) in [4.78, 5) is 14.3. The van der Waals surface area contributed by atoms with Crippen molar-refractivity contribution in [3.8, 4) is 0 Å². The van der Waals surface area contributed by atoms with Crippen LogP contribution in [0.1, 0.15) is 29.8 Å². The first-order valence-corrected chi connectivity index (χ1v) is 6.89. The summed E-state index contributed by atoms with van der Waals surface area (Å²) in [7, 11) is 0. The Labute approximate surface area is 124 Å². The molecule has 2 rings (SSSR count). The van der Waals surface area contributed by atoms with Gasteiger partial charge in [-0.2, -0.15) is 0 Å². The third-order valence-corrected chi connectivity index (χ3v) is 3.33. The Kier molecular flexibility index (Phi) is 4.58. The molecule has 0 aliphatic rings. The fraction of sp³-hybridized carbons (Fsp3) is 0.235. The molecule has 0 atom stereocenters. The third-order valence-electron chi connectivity index (χ3n) is 3.33. The number of nitrogens with two attached hydrogens (primary N) is 1. The van der Waals surface area contributed by atoms with Crippen LogP contribution in [0, 0.1) is 5.82 Å². The summed E-state index contributed by atoms with van der Waals surface area (Å²) >= 11 is 0. The quantitative estimate of drug-likeness (QED) is 0.875. The fourth-order valence-corrected chi connectivity index (χ4v) is 2.09. The van der Waals surface area contributed by atoms with E-state index in [0.29, 0.717) is 12.1 Å². The van der Waals surface area contributed by atoms with Gasteiger partial charge in [-0.25, -0.2) is 4.39 Å². The van der Waals surface area contributed by atoms with Crippen molar-refractivity contribution in [3.63, 3.8) is 0 Å². The number of amides is 1. The molecule has 2 aromatic rings. The maximum atomic E-state index is 13.5. The predicted octanol–water partition coefficient (Wildman–Crippen LogP) is 3.46. The van der Waals surface area contributed by atoms with Crippen molar-refractivity contribution < 1.29 is 9.18 Å². The minimum Gasteiger partial charge on any atom is -0.396 e. The highest BCUT2D eigenvalue weighted by Gasteiger charge is 2.19. The lowest BCUT2D eigenvalue weighted by atomic mass is 10.1. The highest BCUT2D eigenvalue weighted by molar-refractivity contribution is 5.94. The van der Waals surface area contributed by atoms with E-state index in [0.717, 1.165) is 5.56 Å². The average Bonchev–Trinajstić information content (AvgIpc) is 2.47. The van der Waals surface area contributed by atoms with Crippen LogP contribution in [0.15, 0.2) is 48.5 Å². The summed E-state index contributed by atoms with van der Waals surface area (Å²) in [5.41, 5.74) is 6.84. The largest absolute Gasteiger partial charge is 0.396 e. The van der Waals surface area contributed by atoms with Crippen LogP contribution in [0.25, 0.3) is 0 Å². The van der Waals surface area contributed by atoms with E-state index in [1.165, 1.54) is 12.1 Å². The molecule has 0 spiro atoms. The van der Waals surface area contributed by atoms with E-state index in [1.807, 2.05) is 44.2 Å². The number of halogens is 1. The van der Waals surface area contributed by atoms with Crippen LogP contribution in [0.3, 0.4) is 0 Å². The maximum absolute atomic E-state index is 13.5. The van der Waals surface area contributed by atoms with Gasteiger partial charge in [0, 0.05) is 18.2 Å². The number of nitrogens with zero attached hydrogens (tertiary/aromatic N) is 1. The number of benzene rings is 2. The highest BCUT2D eigenvalue weighted by atomic mass is 19.1. The van der Waals surface area contributed by atoms with Crippen LogP contribution in [-0.4, -0.2) is 16.8 Å². The van der Waals surface area contributed by atoms with Gasteiger partial charge in [-0.1, -0.05) is 30.3 Å². The zero-order chi connectivity index (χ0) is 15.4. The molecular weight excluding hydrogens is 267 g/mol.